The van der Waals surface area contributed by atoms with Gasteiger partial charge in [-0.15, -0.1) is 0 Å². The highest BCUT2D eigenvalue weighted by molar-refractivity contribution is 5.98. The van der Waals surface area contributed by atoms with Gasteiger partial charge < -0.3 is 21.1 Å². The third-order valence-electron chi connectivity index (χ3n) is 3.60. The molecule has 1 aromatic heterocycles. The summed E-state index contributed by atoms with van der Waals surface area (Å²) in [6.45, 7) is 6.51. The Labute approximate surface area is 134 Å². The van der Waals surface area contributed by atoms with E-state index in [0.717, 1.165) is 31.9 Å². The Kier molecular flexibility index (Phi) is 7.36. The fourth-order valence-corrected chi connectivity index (χ4v) is 2.14. The van der Waals surface area contributed by atoms with Crippen LogP contribution in [-0.2, 0) is 0 Å². The molecule has 128 valence electrons. The maximum absolute atomic E-state index is 11.5. The molecule has 0 bridgehead atoms. The Hall–Kier alpha value is -2.26. The van der Waals surface area contributed by atoms with Crippen LogP contribution in [0.4, 0.5) is 11.5 Å². The van der Waals surface area contributed by atoms with Crippen LogP contribution in [0.25, 0.3) is 0 Å². The number of anilines is 1. The summed E-state index contributed by atoms with van der Waals surface area (Å²) >= 11 is 0. The Morgan fingerprint density at radius 1 is 1.52 bits per heavy atom. The van der Waals surface area contributed by atoms with E-state index in [1.807, 2.05) is 13.8 Å². The Morgan fingerprint density at radius 2 is 2.17 bits per heavy atom. The number of nitrogens with zero attached hydrogens (tertiary/aromatic N) is 3. The summed E-state index contributed by atoms with van der Waals surface area (Å²) in [7, 11) is 0. The number of nitrogens with two attached hydrogens (primary N) is 1. The SMILES string of the molecule is CCN(CC)CCC(CO)Nc1ncc([N+](=O)[O-])cc1C(N)=O. The second-order valence-electron chi connectivity index (χ2n) is 5.05. The highest BCUT2D eigenvalue weighted by atomic mass is 16.6. The molecule has 0 aliphatic carbocycles. The molecule has 4 N–H and O–H groups in total. The third-order valence-corrected chi connectivity index (χ3v) is 3.60. The molecule has 0 radical (unpaired) electrons. The maximum Gasteiger partial charge on any atom is 0.288 e. The summed E-state index contributed by atoms with van der Waals surface area (Å²) in [5, 5.41) is 23.2. The van der Waals surface area contributed by atoms with Crippen LogP contribution in [0.5, 0.6) is 0 Å². The molecule has 1 rings (SSSR count). The normalized spacial score (nSPS) is 12.2. The second-order valence-corrected chi connectivity index (χ2v) is 5.05. The van der Waals surface area contributed by atoms with Gasteiger partial charge in [-0.3, -0.25) is 14.9 Å². The lowest BCUT2D eigenvalue weighted by Crippen LogP contribution is -2.33. The van der Waals surface area contributed by atoms with E-state index >= 15 is 0 Å². The summed E-state index contributed by atoms with van der Waals surface area (Å²) in [4.78, 5) is 27.7. The monoisotopic (exact) mass is 325 g/mol. The van der Waals surface area contributed by atoms with Gasteiger partial charge in [0.2, 0.25) is 0 Å². The van der Waals surface area contributed by atoms with Crippen LogP contribution in [0.3, 0.4) is 0 Å². The number of carbonyl (C=O) groups excluding carboxylic acids is 1. The third kappa shape index (κ3) is 5.46. The first-order valence-corrected chi connectivity index (χ1v) is 7.46. The number of aromatic nitrogens is 1. The fraction of sp³-hybridized carbons (Fsp3) is 0.571. The number of hydrogen-bond donors (Lipinski definition) is 3. The first kappa shape index (κ1) is 18.8. The molecule has 0 aromatic carbocycles. The molecule has 0 spiro atoms. The van der Waals surface area contributed by atoms with Crippen molar-refractivity contribution in [3.63, 3.8) is 0 Å². The van der Waals surface area contributed by atoms with Gasteiger partial charge >= 0.3 is 0 Å². The molecule has 0 fully saturated rings. The standard InChI is InChI=1S/C14H23N5O4/c1-3-18(4-2)6-5-10(9-20)17-14-12(13(15)21)7-11(8-16-14)19(22)23/h7-8,10,20H,3-6,9H2,1-2H3,(H2,15,21)(H,16,17). The molecule has 1 heterocycles. The van der Waals surface area contributed by atoms with Crippen molar-refractivity contribution in [1.82, 2.24) is 9.88 Å². The summed E-state index contributed by atoms with van der Waals surface area (Å²) in [6, 6.07) is 0.749. The van der Waals surface area contributed by atoms with Crippen molar-refractivity contribution in [2.45, 2.75) is 26.3 Å². The first-order valence-electron chi connectivity index (χ1n) is 7.46. The zero-order valence-corrected chi connectivity index (χ0v) is 13.4. The van der Waals surface area contributed by atoms with Crippen LogP contribution in [0.2, 0.25) is 0 Å². The van der Waals surface area contributed by atoms with Gasteiger partial charge in [-0.1, -0.05) is 13.8 Å². The first-order chi connectivity index (χ1) is 10.9. The molecule has 0 saturated heterocycles. The van der Waals surface area contributed by atoms with Gasteiger partial charge in [-0.25, -0.2) is 4.98 Å². The van der Waals surface area contributed by atoms with Crippen LogP contribution in [0.1, 0.15) is 30.6 Å². The van der Waals surface area contributed by atoms with Gasteiger partial charge in [0.05, 0.1) is 23.1 Å². The molecule has 1 amide bonds. The number of hydrogen-bond acceptors (Lipinski definition) is 7. The van der Waals surface area contributed by atoms with E-state index in [1.165, 1.54) is 0 Å². The summed E-state index contributed by atoms with van der Waals surface area (Å²) < 4.78 is 0. The van der Waals surface area contributed by atoms with E-state index in [-0.39, 0.29) is 29.7 Å². The van der Waals surface area contributed by atoms with E-state index < -0.39 is 10.8 Å². The number of pyridine rings is 1. The molecule has 23 heavy (non-hydrogen) atoms. The minimum atomic E-state index is -0.816. The lowest BCUT2D eigenvalue weighted by atomic mass is 10.1. The molecule has 1 unspecified atom stereocenters. The summed E-state index contributed by atoms with van der Waals surface area (Å²) in [5.41, 5.74) is 4.87. The average Bonchev–Trinajstić information content (AvgIpc) is 2.54. The second kappa shape index (κ2) is 9.01. The number of nitro groups is 1. The van der Waals surface area contributed by atoms with E-state index in [2.05, 4.69) is 15.2 Å². The van der Waals surface area contributed by atoms with Crippen LogP contribution < -0.4 is 11.1 Å². The average molecular weight is 325 g/mol. The van der Waals surface area contributed by atoms with Crippen molar-refractivity contribution in [3.05, 3.63) is 27.9 Å². The number of primary amides is 1. The van der Waals surface area contributed by atoms with Crippen molar-refractivity contribution in [2.24, 2.45) is 5.73 Å². The maximum atomic E-state index is 11.5. The van der Waals surface area contributed by atoms with Crippen LogP contribution >= 0.6 is 0 Å². The Balaban J connectivity index is 2.88. The molecular formula is C14H23N5O4. The number of rotatable bonds is 10. The van der Waals surface area contributed by atoms with Crippen molar-refractivity contribution >= 4 is 17.4 Å². The Bertz CT molecular complexity index is 548. The minimum Gasteiger partial charge on any atom is -0.394 e. The number of aliphatic hydroxyl groups excluding tert-OH is 1. The molecular weight excluding hydrogens is 302 g/mol. The number of nitrogens with one attached hydrogen (secondary N) is 1. The zero-order valence-electron chi connectivity index (χ0n) is 13.4. The van der Waals surface area contributed by atoms with Crippen molar-refractivity contribution in [1.29, 1.82) is 0 Å². The fourth-order valence-electron chi connectivity index (χ4n) is 2.14. The number of carbonyl (C=O) groups is 1. The largest absolute Gasteiger partial charge is 0.394 e. The van der Waals surface area contributed by atoms with Gasteiger partial charge in [-0.05, 0) is 19.5 Å². The molecule has 9 nitrogen and oxygen atoms in total. The molecule has 1 atom stereocenters. The predicted molar refractivity (Wildman–Crippen MR) is 86.3 cm³/mol. The van der Waals surface area contributed by atoms with E-state index in [1.54, 1.807) is 0 Å². The smallest absolute Gasteiger partial charge is 0.288 e. The summed E-state index contributed by atoms with van der Waals surface area (Å²) in [5.74, 6) is -0.675. The van der Waals surface area contributed by atoms with E-state index in [0.29, 0.717) is 6.42 Å². The quantitative estimate of drug-likeness (QED) is 0.423. The summed E-state index contributed by atoms with van der Waals surface area (Å²) in [6.07, 6.45) is 1.68. The van der Waals surface area contributed by atoms with E-state index in [9.17, 15) is 20.0 Å². The molecule has 0 aliphatic rings. The lowest BCUT2D eigenvalue weighted by molar-refractivity contribution is -0.385. The van der Waals surface area contributed by atoms with Crippen LogP contribution in [0.15, 0.2) is 12.3 Å². The van der Waals surface area contributed by atoms with Crippen molar-refractivity contribution in [3.8, 4) is 0 Å². The van der Waals surface area contributed by atoms with Gasteiger partial charge in [0.1, 0.15) is 12.0 Å². The number of amides is 1. The Morgan fingerprint density at radius 3 is 2.65 bits per heavy atom. The molecule has 1 aromatic rings. The minimum absolute atomic E-state index is 0.0690. The van der Waals surface area contributed by atoms with Gasteiger partial charge in [0, 0.05) is 12.6 Å². The van der Waals surface area contributed by atoms with Gasteiger partial charge in [-0.2, -0.15) is 0 Å². The predicted octanol–water partition coefficient (Wildman–Crippen LogP) is 0.593. The van der Waals surface area contributed by atoms with Crippen molar-refractivity contribution in [2.75, 3.05) is 31.6 Å². The molecule has 9 heteroatoms. The lowest BCUT2D eigenvalue weighted by Gasteiger charge is -2.23. The molecule has 0 aliphatic heterocycles. The molecule has 0 saturated carbocycles. The topological polar surface area (TPSA) is 135 Å². The van der Waals surface area contributed by atoms with Gasteiger partial charge in [0.25, 0.3) is 11.6 Å². The van der Waals surface area contributed by atoms with E-state index in [4.69, 9.17) is 5.73 Å². The number of aliphatic hydroxyl groups is 1. The van der Waals surface area contributed by atoms with Crippen LogP contribution in [-0.4, -0.2) is 58.1 Å². The van der Waals surface area contributed by atoms with Crippen molar-refractivity contribution < 1.29 is 14.8 Å². The van der Waals surface area contributed by atoms with Crippen LogP contribution in [0, 0.1) is 10.1 Å². The van der Waals surface area contributed by atoms with Gasteiger partial charge in [0.15, 0.2) is 0 Å². The zero-order chi connectivity index (χ0) is 17.4. The highest BCUT2D eigenvalue weighted by Gasteiger charge is 2.19. The highest BCUT2D eigenvalue weighted by Crippen LogP contribution is 2.19.